The van der Waals surface area contributed by atoms with Crippen LogP contribution in [0.3, 0.4) is 0 Å². The van der Waals surface area contributed by atoms with E-state index in [2.05, 4.69) is 15.2 Å². The van der Waals surface area contributed by atoms with Gasteiger partial charge in [0, 0.05) is 23.5 Å². The first kappa shape index (κ1) is 9.49. The van der Waals surface area contributed by atoms with Crippen molar-refractivity contribution >= 4 is 12.2 Å². The highest BCUT2D eigenvalue weighted by atomic mass is 32.1. The van der Waals surface area contributed by atoms with Crippen molar-refractivity contribution in [1.82, 2.24) is 15.2 Å². The Morgan fingerprint density at radius 1 is 1.20 bits per heavy atom. The Morgan fingerprint density at radius 3 is 2.73 bits per heavy atom. The highest BCUT2D eigenvalue weighted by Gasteiger charge is 1.99. The monoisotopic (exact) mass is 214 g/mol. The van der Waals surface area contributed by atoms with Gasteiger partial charge in [-0.1, -0.05) is 12.2 Å². The van der Waals surface area contributed by atoms with Crippen molar-refractivity contribution in [2.75, 3.05) is 0 Å². The van der Waals surface area contributed by atoms with E-state index < -0.39 is 0 Å². The molecular weight excluding hydrogens is 208 g/mol. The van der Waals surface area contributed by atoms with Crippen LogP contribution < -0.4 is 0 Å². The summed E-state index contributed by atoms with van der Waals surface area (Å²) in [6.45, 7) is 0. The zero-order chi connectivity index (χ0) is 10.7. The minimum Gasteiger partial charge on any atom is -0.268 e. The van der Waals surface area contributed by atoms with Crippen LogP contribution in [0.5, 0.6) is 0 Å². The Balaban J connectivity index is 2.55. The van der Waals surface area contributed by atoms with E-state index in [-0.39, 0.29) is 0 Å². The second kappa shape index (κ2) is 3.98. The highest BCUT2D eigenvalue weighted by molar-refractivity contribution is 7.71. The first-order chi connectivity index (χ1) is 7.29. The summed E-state index contributed by atoms with van der Waals surface area (Å²) in [6.07, 6.45) is 4.83. The summed E-state index contributed by atoms with van der Waals surface area (Å²) in [5, 5.41) is 15.3. The van der Waals surface area contributed by atoms with Gasteiger partial charge < -0.3 is 0 Å². The molecule has 0 aliphatic carbocycles. The van der Waals surface area contributed by atoms with Crippen molar-refractivity contribution in [3.05, 3.63) is 40.9 Å². The molecule has 15 heavy (non-hydrogen) atoms. The molecule has 0 amide bonds. The van der Waals surface area contributed by atoms with Gasteiger partial charge in [-0.2, -0.15) is 10.4 Å². The molecule has 2 rings (SSSR count). The average molecular weight is 214 g/mol. The van der Waals surface area contributed by atoms with Crippen LogP contribution in [0.1, 0.15) is 5.56 Å². The number of hydrogen-bond donors (Lipinski definition) is 1. The molecule has 0 saturated heterocycles. The van der Waals surface area contributed by atoms with Gasteiger partial charge in [-0.3, -0.25) is 10.1 Å². The van der Waals surface area contributed by atoms with Crippen LogP contribution in [0.15, 0.2) is 30.7 Å². The van der Waals surface area contributed by atoms with E-state index in [4.69, 9.17) is 17.5 Å². The molecule has 0 radical (unpaired) electrons. The van der Waals surface area contributed by atoms with Crippen LogP contribution in [-0.2, 0) is 0 Å². The molecule has 2 aromatic heterocycles. The second-order valence-electron chi connectivity index (χ2n) is 2.91. The molecule has 0 fully saturated rings. The molecular formula is C10H6N4S. The topological polar surface area (TPSA) is 65.4 Å². The third-order valence-electron chi connectivity index (χ3n) is 1.87. The first-order valence-electron chi connectivity index (χ1n) is 4.20. The fraction of sp³-hybridized carbons (Fsp3) is 0. The lowest BCUT2D eigenvalue weighted by molar-refractivity contribution is 1.02. The predicted molar refractivity (Wildman–Crippen MR) is 57.4 cm³/mol. The summed E-state index contributed by atoms with van der Waals surface area (Å²) in [6, 6.07) is 5.56. The van der Waals surface area contributed by atoms with Gasteiger partial charge in [0.15, 0.2) is 0 Å². The molecule has 0 aliphatic rings. The summed E-state index contributed by atoms with van der Waals surface area (Å²) in [5.74, 6) is 0. The lowest BCUT2D eigenvalue weighted by Crippen LogP contribution is -1.86. The summed E-state index contributed by atoms with van der Waals surface area (Å²) in [7, 11) is 0. The molecule has 0 aliphatic heterocycles. The standard InChI is InChI=1S/C10H6N4S/c11-3-7-1-8(5-12-4-7)9-2-10(15)14-13-6-9/h1-2,4-6H,(H,14,15). The first-order valence-corrected chi connectivity index (χ1v) is 4.60. The van der Waals surface area contributed by atoms with E-state index >= 15 is 0 Å². The van der Waals surface area contributed by atoms with Crippen molar-refractivity contribution in [2.45, 2.75) is 0 Å². The molecule has 0 saturated carbocycles. The van der Waals surface area contributed by atoms with Crippen molar-refractivity contribution in [2.24, 2.45) is 0 Å². The average Bonchev–Trinajstić information content (AvgIpc) is 2.29. The van der Waals surface area contributed by atoms with E-state index in [1.54, 1.807) is 24.5 Å². The second-order valence-corrected chi connectivity index (χ2v) is 3.35. The van der Waals surface area contributed by atoms with E-state index in [1.165, 1.54) is 6.20 Å². The minimum absolute atomic E-state index is 0.520. The molecule has 0 atom stereocenters. The Hall–Kier alpha value is -2.06. The molecule has 0 aromatic carbocycles. The summed E-state index contributed by atoms with van der Waals surface area (Å²) >= 11 is 4.96. The largest absolute Gasteiger partial charge is 0.268 e. The molecule has 2 heterocycles. The van der Waals surface area contributed by atoms with Crippen molar-refractivity contribution in [3.63, 3.8) is 0 Å². The highest BCUT2D eigenvalue weighted by Crippen LogP contribution is 2.17. The molecule has 4 nitrogen and oxygen atoms in total. The number of hydrogen-bond acceptors (Lipinski definition) is 4. The number of nitrogens with one attached hydrogen (secondary N) is 1. The zero-order valence-corrected chi connectivity index (χ0v) is 8.45. The zero-order valence-electron chi connectivity index (χ0n) is 7.64. The predicted octanol–water partition coefficient (Wildman–Crippen LogP) is 2.07. The van der Waals surface area contributed by atoms with Gasteiger partial charge in [0.05, 0.1) is 11.8 Å². The maximum absolute atomic E-state index is 8.73. The fourth-order valence-corrected chi connectivity index (χ4v) is 1.37. The fourth-order valence-electron chi connectivity index (χ4n) is 1.19. The van der Waals surface area contributed by atoms with Crippen molar-refractivity contribution in [1.29, 1.82) is 5.26 Å². The van der Waals surface area contributed by atoms with Gasteiger partial charge in [0.2, 0.25) is 0 Å². The molecule has 2 aromatic rings. The molecule has 0 unspecified atom stereocenters. The number of nitrogens with zero attached hydrogens (tertiary/aromatic N) is 3. The maximum atomic E-state index is 8.73. The smallest absolute Gasteiger partial charge is 0.120 e. The van der Waals surface area contributed by atoms with Gasteiger partial charge in [0.1, 0.15) is 10.7 Å². The van der Waals surface area contributed by atoms with Crippen LogP contribution in [0, 0.1) is 16.0 Å². The molecule has 5 heteroatoms. The van der Waals surface area contributed by atoms with Crippen LogP contribution in [-0.4, -0.2) is 15.2 Å². The third-order valence-corrected chi connectivity index (χ3v) is 2.07. The van der Waals surface area contributed by atoms with Crippen LogP contribution in [0.2, 0.25) is 0 Å². The Bertz CT molecular complexity index is 582. The van der Waals surface area contributed by atoms with Gasteiger partial charge in [0.25, 0.3) is 0 Å². The third kappa shape index (κ3) is 2.06. The van der Waals surface area contributed by atoms with Crippen molar-refractivity contribution < 1.29 is 0 Å². The lowest BCUT2D eigenvalue weighted by atomic mass is 10.1. The van der Waals surface area contributed by atoms with Gasteiger partial charge in [-0.05, 0) is 12.1 Å². The number of rotatable bonds is 1. The Morgan fingerprint density at radius 2 is 2.00 bits per heavy atom. The normalized spacial score (nSPS) is 9.53. The summed E-state index contributed by atoms with van der Waals surface area (Å²) in [4.78, 5) is 3.97. The number of pyridine rings is 1. The van der Waals surface area contributed by atoms with E-state index in [0.717, 1.165) is 11.1 Å². The number of aromatic nitrogens is 3. The van der Waals surface area contributed by atoms with Crippen molar-refractivity contribution in [3.8, 4) is 17.2 Å². The Kier molecular flexibility index (Phi) is 2.52. The number of nitriles is 1. The number of aromatic amines is 1. The lowest BCUT2D eigenvalue weighted by Gasteiger charge is -1.99. The van der Waals surface area contributed by atoms with Gasteiger partial charge in [-0.25, -0.2) is 0 Å². The number of H-pyrrole nitrogens is 1. The minimum atomic E-state index is 0.520. The van der Waals surface area contributed by atoms with Crippen LogP contribution in [0.4, 0.5) is 0 Å². The molecule has 1 N–H and O–H groups in total. The summed E-state index contributed by atoms with van der Waals surface area (Å²) < 4.78 is 0.551. The quantitative estimate of drug-likeness (QED) is 0.738. The molecule has 72 valence electrons. The maximum Gasteiger partial charge on any atom is 0.120 e. The Labute approximate surface area is 91.2 Å². The van der Waals surface area contributed by atoms with E-state index in [1.807, 2.05) is 6.07 Å². The summed E-state index contributed by atoms with van der Waals surface area (Å²) in [5.41, 5.74) is 2.20. The van der Waals surface area contributed by atoms with E-state index in [0.29, 0.717) is 10.2 Å². The van der Waals surface area contributed by atoms with E-state index in [9.17, 15) is 0 Å². The van der Waals surface area contributed by atoms with Gasteiger partial charge >= 0.3 is 0 Å². The SMILES string of the molecule is N#Cc1cncc(-c2cn[nH]c(=S)c2)c1. The van der Waals surface area contributed by atoms with Gasteiger partial charge in [-0.15, -0.1) is 0 Å². The molecule has 0 spiro atoms. The van der Waals surface area contributed by atoms with Crippen LogP contribution >= 0.6 is 12.2 Å². The van der Waals surface area contributed by atoms with Crippen LogP contribution in [0.25, 0.3) is 11.1 Å². The molecule has 0 bridgehead atoms.